The first-order valence-corrected chi connectivity index (χ1v) is 8.32. The summed E-state index contributed by atoms with van der Waals surface area (Å²) in [4.78, 5) is 18.5. The molecule has 2 aromatic rings. The molecule has 0 bridgehead atoms. The zero-order valence-corrected chi connectivity index (χ0v) is 13.9. The SMILES string of the molecule is CN(Cc1ccccc1)C(=O)c1cncc(NCC2CCCO2)c1. The van der Waals surface area contributed by atoms with Crippen LogP contribution in [-0.4, -0.2) is 42.1 Å². The summed E-state index contributed by atoms with van der Waals surface area (Å²) >= 11 is 0. The van der Waals surface area contributed by atoms with E-state index in [0.717, 1.165) is 37.2 Å². The molecule has 0 spiro atoms. The van der Waals surface area contributed by atoms with Crippen LogP contribution in [-0.2, 0) is 11.3 Å². The molecular weight excluding hydrogens is 302 g/mol. The second kappa shape index (κ2) is 7.93. The Kier molecular flexibility index (Phi) is 5.43. The largest absolute Gasteiger partial charge is 0.381 e. The number of carbonyl (C=O) groups excluding carboxylic acids is 1. The van der Waals surface area contributed by atoms with E-state index in [-0.39, 0.29) is 12.0 Å². The van der Waals surface area contributed by atoms with Crippen LogP contribution in [0.3, 0.4) is 0 Å². The van der Waals surface area contributed by atoms with Gasteiger partial charge in [0, 0.05) is 39.1 Å². The molecule has 5 nitrogen and oxygen atoms in total. The van der Waals surface area contributed by atoms with Crippen LogP contribution in [0.15, 0.2) is 48.8 Å². The molecule has 1 N–H and O–H groups in total. The highest BCUT2D eigenvalue weighted by molar-refractivity contribution is 5.94. The number of benzene rings is 1. The zero-order valence-electron chi connectivity index (χ0n) is 13.9. The van der Waals surface area contributed by atoms with Crippen molar-refractivity contribution in [3.05, 3.63) is 59.9 Å². The lowest BCUT2D eigenvalue weighted by atomic mass is 10.2. The second-order valence-electron chi connectivity index (χ2n) is 6.13. The first-order chi connectivity index (χ1) is 11.7. The Bertz CT molecular complexity index is 669. The van der Waals surface area contributed by atoms with Crippen molar-refractivity contribution in [2.45, 2.75) is 25.5 Å². The summed E-state index contributed by atoms with van der Waals surface area (Å²) in [7, 11) is 1.81. The molecule has 1 aromatic heterocycles. The number of pyridine rings is 1. The molecule has 0 radical (unpaired) electrons. The number of hydrogen-bond acceptors (Lipinski definition) is 4. The van der Waals surface area contributed by atoms with Crippen LogP contribution in [0.5, 0.6) is 0 Å². The van der Waals surface area contributed by atoms with E-state index < -0.39 is 0 Å². The van der Waals surface area contributed by atoms with E-state index in [1.165, 1.54) is 0 Å². The number of nitrogens with zero attached hydrogens (tertiary/aromatic N) is 2. The maximum Gasteiger partial charge on any atom is 0.255 e. The van der Waals surface area contributed by atoms with Gasteiger partial charge in [0.1, 0.15) is 0 Å². The standard InChI is InChI=1S/C19H23N3O2/c1-22(14-15-6-3-2-4-7-15)19(23)16-10-17(12-20-11-16)21-13-18-8-5-9-24-18/h2-4,6-7,10-12,18,21H,5,8-9,13-14H2,1H3. The van der Waals surface area contributed by atoms with E-state index in [9.17, 15) is 4.79 Å². The third kappa shape index (κ3) is 4.32. The van der Waals surface area contributed by atoms with E-state index >= 15 is 0 Å². The van der Waals surface area contributed by atoms with Crippen molar-refractivity contribution < 1.29 is 9.53 Å². The molecule has 2 heterocycles. The summed E-state index contributed by atoms with van der Waals surface area (Å²) in [6.07, 6.45) is 5.81. The molecule has 1 aromatic carbocycles. The molecule has 1 unspecified atom stereocenters. The molecule has 1 aliphatic rings. The van der Waals surface area contributed by atoms with Gasteiger partial charge in [-0.15, -0.1) is 0 Å². The van der Waals surface area contributed by atoms with E-state index in [1.54, 1.807) is 17.3 Å². The predicted octanol–water partition coefficient (Wildman–Crippen LogP) is 2.94. The summed E-state index contributed by atoms with van der Waals surface area (Å²) in [6, 6.07) is 11.8. The fourth-order valence-electron chi connectivity index (χ4n) is 2.84. The minimum absolute atomic E-state index is 0.0351. The number of rotatable bonds is 6. The minimum atomic E-state index is -0.0351. The molecular formula is C19H23N3O2. The molecule has 24 heavy (non-hydrogen) atoms. The molecule has 3 rings (SSSR count). The van der Waals surface area contributed by atoms with Crippen molar-refractivity contribution in [1.82, 2.24) is 9.88 Å². The average Bonchev–Trinajstić information content (AvgIpc) is 3.14. The maximum atomic E-state index is 12.6. The van der Waals surface area contributed by atoms with Gasteiger partial charge in [0.05, 0.1) is 17.4 Å². The van der Waals surface area contributed by atoms with Crippen molar-refractivity contribution in [2.24, 2.45) is 0 Å². The normalized spacial score (nSPS) is 16.8. The number of ether oxygens (including phenoxy) is 1. The Hall–Kier alpha value is -2.40. The Morgan fingerprint density at radius 2 is 2.17 bits per heavy atom. The smallest absolute Gasteiger partial charge is 0.255 e. The lowest BCUT2D eigenvalue weighted by molar-refractivity contribution is 0.0784. The lowest BCUT2D eigenvalue weighted by Crippen LogP contribution is -2.26. The number of hydrogen-bond donors (Lipinski definition) is 1. The second-order valence-corrected chi connectivity index (χ2v) is 6.13. The molecule has 1 saturated heterocycles. The number of nitrogens with one attached hydrogen (secondary N) is 1. The first-order valence-electron chi connectivity index (χ1n) is 8.32. The lowest BCUT2D eigenvalue weighted by Gasteiger charge is -2.18. The quantitative estimate of drug-likeness (QED) is 0.887. The topological polar surface area (TPSA) is 54.5 Å². The summed E-state index contributed by atoms with van der Waals surface area (Å²) in [5.41, 5.74) is 2.55. The fourth-order valence-corrected chi connectivity index (χ4v) is 2.84. The van der Waals surface area contributed by atoms with E-state index in [0.29, 0.717) is 12.1 Å². The summed E-state index contributed by atoms with van der Waals surface area (Å²) in [5.74, 6) is -0.0351. The third-order valence-corrected chi connectivity index (χ3v) is 4.15. The van der Waals surface area contributed by atoms with Crippen LogP contribution in [0.4, 0.5) is 5.69 Å². The first kappa shape index (κ1) is 16.5. The molecule has 126 valence electrons. The molecule has 1 aliphatic heterocycles. The van der Waals surface area contributed by atoms with Gasteiger partial charge in [0.2, 0.25) is 0 Å². The average molecular weight is 325 g/mol. The van der Waals surface area contributed by atoms with Gasteiger partial charge in [-0.25, -0.2) is 0 Å². The summed E-state index contributed by atoms with van der Waals surface area (Å²) in [5, 5.41) is 3.31. The van der Waals surface area contributed by atoms with Crippen molar-refractivity contribution in [3.63, 3.8) is 0 Å². The van der Waals surface area contributed by atoms with Crippen molar-refractivity contribution in [2.75, 3.05) is 25.5 Å². The number of anilines is 1. The van der Waals surface area contributed by atoms with Gasteiger partial charge >= 0.3 is 0 Å². The monoisotopic (exact) mass is 325 g/mol. The van der Waals surface area contributed by atoms with Gasteiger partial charge in [-0.3, -0.25) is 9.78 Å². The van der Waals surface area contributed by atoms with Crippen LogP contribution < -0.4 is 5.32 Å². The van der Waals surface area contributed by atoms with Gasteiger partial charge in [0.25, 0.3) is 5.91 Å². The highest BCUT2D eigenvalue weighted by atomic mass is 16.5. The third-order valence-electron chi connectivity index (χ3n) is 4.15. The van der Waals surface area contributed by atoms with Crippen molar-refractivity contribution in [3.8, 4) is 0 Å². The molecule has 0 saturated carbocycles. The van der Waals surface area contributed by atoms with Crippen LogP contribution >= 0.6 is 0 Å². The fraction of sp³-hybridized carbons (Fsp3) is 0.368. The Balaban J connectivity index is 1.60. The van der Waals surface area contributed by atoms with Gasteiger partial charge in [-0.05, 0) is 24.5 Å². The van der Waals surface area contributed by atoms with Crippen LogP contribution in [0.2, 0.25) is 0 Å². The Labute approximate surface area is 142 Å². The van der Waals surface area contributed by atoms with E-state index in [2.05, 4.69) is 10.3 Å². The van der Waals surface area contributed by atoms with Gasteiger partial charge in [-0.1, -0.05) is 30.3 Å². The van der Waals surface area contributed by atoms with E-state index in [1.807, 2.05) is 43.4 Å². The summed E-state index contributed by atoms with van der Waals surface area (Å²) in [6.45, 7) is 2.17. The van der Waals surface area contributed by atoms with Gasteiger partial charge in [0.15, 0.2) is 0 Å². The molecule has 1 fully saturated rings. The minimum Gasteiger partial charge on any atom is -0.381 e. The highest BCUT2D eigenvalue weighted by Crippen LogP contribution is 2.15. The Morgan fingerprint density at radius 1 is 1.33 bits per heavy atom. The molecule has 0 aliphatic carbocycles. The van der Waals surface area contributed by atoms with Gasteiger partial charge in [-0.2, -0.15) is 0 Å². The van der Waals surface area contributed by atoms with Crippen molar-refractivity contribution in [1.29, 1.82) is 0 Å². The zero-order chi connectivity index (χ0) is 16.8. The van der Waals surface area contributed by atoms with Crippen LogP contribution in [0, 0.1) is 0 Å². The molecule has 1 atom stereocenters. The van der Waals surface area contributed by atoms with Crippen molar-refractivity contribution >= 4 is 11.6 Å². The maximum absolute atomic E-state index is 12.6. The number of amides is 1. The van der Waals surface area contributed by atoms with Crippen LogP contribution in [0.1, 0.15) is 28.8 Å². The van der Waals surface area contributed by atoms with E-state index in [4.69, 9.17) is 4.74 Å². The highest BCUT2D eigenvalue weighted by Gasteiger charge is 2.16. The predicted molar refractivity (Wildman–Crippen MR) is 93.9 cm³/mol. The molecule has 5 heteroatoms. The summed E-state index contributed by atoms with van der Waals surface area (Å²) < 4.78 is 5.60. The van der Waals surface area contributed by atoms with Gasteiger partial charge < -0.3 is 15.0 Å². The molecule has 1 amide bonds. The number of aromatic nitrogens is 1. The van der Waals surface area contributed by atoms with Crippen LogP contribution in [0.25, 0.3) is 0 Å². The number of carbonyl (C=O) groups is 1. The Morgan fingerprint density at radius 3 is 2.92 bits per heavy atom.